The average Bonchev–Trinajstić information content (AvgIpc) is 3.62. The van der Waals surface area contributed by atoms with Crippen LogP contribution in [0.1, 0.15) is 0 Å². The van der Waals surface area contributed by atoms with Crippen LogP contribution in [-0.4, -0.2) is 14.4 Å². The highest BCUT2D eigenvalue weighted by atomic mass is 15.2. The van der Waals surface area contributed by atoms with Crippen LogP contribution in [0, 0.1) is 0 Å². The molecule has 0 aliphatic heterocycles. The highest BCUT2D eigenvalue weighted by molar-refractivity contribution is 6.14. The van der Waals surface area contributed by atoms with E-state index in [9.17, 15) is 0 Å². The summed E-state index contributed by atoms with van der Waals surface area (Å²) in [5.74, 6) is 0.845. The van der Waals surface area contributed by atoms with Gasteiger partial charge in [-0.15, -0.1) is 0 Å². The van der Waals surface area contributed by atoms with Gasteiger partial charge in [0.25, 0.3) is 0 Å². The van der Waals surface area contributed by atoms with Gasteiger partial charge in [0, 0.05) is 27.7 Å². The van der Waals surface area contributed by atoms with Gasteiger partial charge in [0.1, 0.15) is 11.5 Å². The fraction of sp³-hybridized carbons (Fsp3) is 0. The Morgan fingerprint density at radius 1 is 0.365 bits per heavy atom. The zero-order valence-electron chi connectivity index (χ0n) is 28.3. The molecule has 52 heavy (non-hydrogen) atoms. The lowest BCUT2D eigenvalue weighted by Gasteiger charge is -2.25. The summed E-state index contributed by atoms with van der Waals surface area (Å²) < 4.78 is 2.29. The molecule has 10 aromatic rings. The Bertz CT molecular complexity index is 2790. The molecule has 0 N–H and O–H groups in total. The number of hydrogen-bond acceptors (Lipinski definition) is 3. The zero-order valence-corrected chi connectivity index (χ0v) is 28.3. The van der Waals surface area contributed by atoms with E-state index in [1.807, 2.05) is 0 Å². The summed E-state index contributed by atoms with van der Waals surface area (Å²) in [6.45, 7) is 0. The van der Waals surface area contributed by atoms with Crippen LogP contribution in [0.25, 0.3) is 71.9 Å². The van der Waals surface area contributed by atoms with Crippen LogP contribution in [-0.2, 0) is 0 Å². The third kappa shape index (κ3) is 5.09. The SMILES string of the molecule is c1ccc(-c2ccc(N(c3ccc(-c4ccccc4)cc3)c3cccc(-c4ccc5c(c4)c4ccccc4n4c6ccccc6nc54)n3)cc2)cc1. The molecule has 0 aliphatic rings. The third-order valence-corrected chi connectivity index (χ3v) is 9.98. The Labute approximate surface area is 301 Å². The molecule has 7 aromatic carbocycles. The maximum atomic E-state index is 5.35. The van der Waals surface area contributed by atoms with Gasteiger partial charge in [0.15, 0.2) is 0 Å². The number of nitrogens with zero attached hydrogens (tertiary/aromatic N) is 4. The maximum absolute atomic E-state index is 5.35. The molecule has 0 unspecified atom stereocenters. The second kappa shape index (κ2) is 12.4. The lowest BCUT2D eigenvalue weighted by molar-refractivity contribution is 1.18. The largest absolute Gasteiger partial charge is 0.295 e. The lowest BCUT2D eigenvalue weighted by atomic mass is 10.0. The normalized spacial score (nSPS) is 11.5. The van der Waals surface area contributed by atoms with E-state index in [0.29, 0.717) is 0 Å². The number of benzene rings is 7. The summed E-state index contributed by atoms with van der Waals surface area (Å²) in [4.78, 5) is 12.7. The topological polar surface area (TPSA) is 33.4 Å². The summed E-state index contributed by atoms with van der Waals surface area (Å²) in [5.41, 5.74) is 13.0. The van der Waals surface area contributed by atoms with E-state index in [2.05, 4.69) is 203 Å². The van der Waals surface area contributed by atoms with Crippen LogP contribution in [0.4, 0.5) is 17.2 Å². The number of pyridine rings is 2. The predicted octanol–water partition coefficient (Wildman–Crippen LogP) is 12.7. The first-order chi connectivity index (χ1) is 25.8. The van der Waals surface area contributed by atoms with Gasteiger partial charge < -0.3 is 0 Å². The van der Waals surface area contributed by atoms with Crippen molar-refractivity contribution in [2.45, 2.75) is 0 Å². The minimum atomic E-state index is 0.845. The molecule has 3 aromatic heterocycles. The van der Waals surface area contributed by atoms with E-state index < -0.39 is 0 Å². The Kier molecular flexibility index (Phi) is 7.10. The van der Waals surface area contributed by atoms with Crippen molar-refractivity contribution < 1.29 is 0 Å². The van der Waals surface area contributed by atoms with Gasteiger partial charge in [-0.2, -0.15) is 0 Å². The van der Waals surface area contributed by atoms with Crippen LogP contribution < -0.4 is 4.90 Å². The first kappa shape index (κ1) is 29.8. The molecule has 0 aliphatic carbocycles. The van der Waals surface area contributed by atoms with Gasteiger partial charge in [-0.25, -0.2) is 9.97 Å². The van der Waals surface area contributed by atoms with Crippen molar-refractivity contribution >= 4 is 55.5 Å². The molecular formula is C48H32N4. The Morgan fingerprint density at radius 3 is 1.60 bits per heavy atom. The van der Waals surface area contributed by atoms with Gasteiger partial charge in [-0.3, -0.25) is 9.30 Å². The number of rotatable bonds is 6. The predicted molar refractivity (Wildman–Crippen MR) is 216 cm³/mol. The van der Waals surface area contributed by atoms with Crippen molar-refractivity contribution in [2.24, 2.45) is 0 Å². The highest BCUT2D eigenvalue weighted by Gasteiger charge is 2.18. The molecule has 0 spiro atoms. The molecule has 0 fully saturated rings. The molecule has 0 saturated heterocycles. The molecule has 0 radical (unpaired) electrons. The Morgan fingerprint density at radius 2 is 0.923 bits per heavy atom. The van der Waals surface area contributed by atoms with Crippen molar-refractivity contribution in [2.75, 3.05) is 4.90 Å². The van der Waals surface area contributed by atoms with Crippen LogP contribution in [0.2, 0.25) is 0 Å². The fourth-order valence-electron chi connectivity index (χ4n) is 7.46. The first-order valence-electron chi connectivity index (χ1n) is 17.6. The van der Waals surface area contributed by atoms with E-state index in [4.69, 9.17) is 9.97 Å². The van der Waals surface area contributed by atoms with E-state index in [1.54, 1.807) is 0 Å². The van der Waals surface area contributed by atoms with Crippen LogP contribution in [0.15, 0.2) is 194 Å². The van der Waals surface area contributed by atoms with Crippen molar-refractivity contribution in [3.63, 3.8) is 0 Å². The standard InChI is InChI=1S/C48H32N4/c1-3-12-33(13-4-1)35-22-27-38(28-23-35)51(39-29-24-36(25-30-39)34-14-5-2-6-15-34)47-21-11-18-43(49-47)37-26-31-41-42(32-37)40-16-7-9-19-45(40)52-46-20-10-8-17-44(46)50-48(41)52/h1-32H. The Balaban J connectivity index is 1.11. The number of fused-ring (bicyclic) bond motifs is 8. The number of anilines is 3. The summed E-state index contributed by atoms with van der Waals surface area (Å²) in [5, 5.41) is 3.46. The Hall–Kier alpha value is -7.04. The zero-order chi connectivity index (χ0) is 34.4. The quantitative estimate of drug-likeness (QED) is 0.166. The van der Waals surface area contributed by atoms with Gasteiger partial charge in [0.2, 0.25) is 0 Å². The maximum Gasteiger partial charge on any atom is 0.146 e. The summed E-state index contributed by atoms with van der Waals surface area (Å²) in [6, 6.07) is 68.4. The van der Waals surface area contributed by atoms with Crippen molar-refractivity contribution in [1.82, 2.24) is 14.4 Å². The molecule has 0 saturated carbocycles. The van der Waals surface area contributed by atoms with Crippen molar-refractivity contribution in [1.29, 1.82) is 0 Å². The van der Waals surface area contributed by atoms with E-state index >= 15 is 0 Å². The van der Waals surface area contributed by atoms with E-state index in [1.165, 1.54) is 27.6 Å². The van der Waals surface area contributed by atoms with Crippen LogP contribution in [0.3, 0.4) is 0 Å². The van der Waals surface area contributed by atoms with E-state index in [0.717, 1.165) is 61.4 Å². The summed E-state index contributed by atoms with van der Waals surface area (Å²) in [6.07, 6.45) is 0. The first-order valence-corrected chi connectivity index (χ1v) is 17.6. The molecule has 3 heterocycles. The van der Waals surface area contributed by atoms with Gasteiger partial charge in [-0.1, -0.05) is 127 Å². The minimum absolute atomic E-state index is 0.845. The summed E-state index contributed by atoms with van der Waals surface area (Å²) in [7, 11) is 0. The number of imidazole rings is 1. The molecular weight excluding hydrogens is 633 g/mol. The second-order valence-corrected chi connectivity index (χ2v) is 13.1. The lowest BCUT2D eigenvalue weighted by Crippen LogP contribution is -2.11. The smallest absolute Gasteiger partial charge is 0.146 e. The molecule has 10 rings (SSSR count). The van der Waals surface area contributed by atoms with Crippen LogP contribution >= 0.6 is 0 Å². The number of aromatic nitrogens is 3. The number of hydrogen-bond donors (Lipinski definition) is 0. The molecule has 0 amide bonds. The van der Waals surface area contributed by atoms with Crippen molar-refractivity contribution in [3.05, 3.63) is 194 Å². The molecule has 244 valence electrons. The van der Waals surface area contributed by atoms with E-state index in [-0.39, 0.29) is 0 Å². The van der Waals surface area contributed by atoms with Gasteiger partial charge in [-0.05, 0) is 94.4 Å². The monoisotopic (exact) mass is 664 g/mol. The van der Waals surface area contributed by atoms with Gasteiger partial charge in [0.05, 0.1) is 22.2 Å². The third-order valence-electron chi connectivity index (χ3n) is 9.98. The van der Waals surface area contributed by atoms with Gasteiger partial charge >= 0.3 is 0 Å². The fourth-order valence-corrected chi connectivity index (χ4v) is 7.46. The average molecular weight is 665 g/mol. The van der Waals surface area contributed by atoms with Crippen molar-refractivity contribution in [3.8, 4) is 33.5 Å². The highest BCUT2D eigenvalue weighted by Crippen LogP contribution is 2.38. The second-order valence-electron chi connectivity index (χ2n) is 13.1. The molecule has 0 bridgehead atoms. The molecule has 4 nitrogen and oxygen atoms in total. The minimum Gasteiger partial charge on any atom is -0.295 e. The molecule has 0 atom stereocenters. The number of para-hydroxylation sites is 3. The summed E-state index contributed by atoms with van der Waals surface area (Å²) >= 11 is 0. The van der Waals surface area contributed by atoms with Crippen LogP contribution in [0.5, 0.6) is 0 Å². The molecule has 4 heteroatoms.